The Balaban J connectivity index is 1.93. The van der Waals surface area contributed by atoms with E-state index in [1.807, 2.05) is 0 Å². The predicted octanol–water partition coefficient (Wildman–Crippen LogP) is 2.48. The number of nitrogens with zero attached hydrogens (tertiary/aromatic N) is 2. The van der Waals surface area contributed by atoms with Crippen molar-refractivity contribution in [3.05, 3.63) is 29.8 Å². The first kappa shape index (κ1) is 14.4. The molecule has 1 heterocycles. The Bertz CT molecular complexity index is 387. The van der Waals surface area contributed by atoms with E-state index in [2.05, 4.69) is 55.1 Å². The van der Waals surface area contributed by atoms with Crippen LogP contribution in [0.4, 0.5) is 5.69 Å². The van der Waals surface area contributed by atoms with Gasteiger partial charge in [-0.2, -0.15) is 0 Å². The van der Waals surface area contributed by atoms with E-state index in [1.54, 1.807) is 0 Å². The molecule has 1 aromatic carbocycles. The fourth-order valence-electron chi connectivity index (χ4n) is 2.88. The van der Waals surface area contributed by atoms with Gasteiger partial charge in [-0.05, 0) is 50.0 Å². The first-order valence-electron chi connectivity index (χ1n) is 7.35. The van der Waals surface area contributed by atoms with Gasteiger partial charge in [0.05, 0.1) is 0 Å². The van der Waals surface area contributed by atoms with Crippen molar-refractivity contribution in [1.29, 1.82) is 0 Å². The van der Waals surface area contributed by atoms with Crippen molar-refractivity contribution < 1.29 is 0 Å². The summed E-state index contributed by atoms with van der Waals surface area (Å²) in [7, 11) is 4.40. The summed E-state index contributed by atoms with van der Waals surface area (Å²) in [6, 6.07) is 8.90. The largest absolute Gasteiger partial charge is 0.374 e. The molecule has 2 N–H and O–H groups in total. The Morgan fingerprint density at radius 2 is 2.05 bits per heavy atom. The molecule has 2 atom stereocenters. The molecule has 1 aliphatic heterocycles. The number of hydrogen-bond donors (Lipinski definition) is 1. The Hall–Kier alpha value is -1.06. The fraction of sp³-hybridized carbons (Fsp3) is 0.625. The monoisotopic (exact) mass is 261 g/mol. The van der Waals surface area contributed by atoms with E-state index >= 15 is 0 Å². The minimum Gasteiger partial charge on any atom is -0.374 e. The van der Waals surface area contributed by atoms with Crippen LogP contribution in [0, 0.1) is 5.92 Å². The van der Waals surface area contributed by atoms with Crippen molar-refractivity contribution >= 4 is 5.69 Å². The van der Waals surface area contributed by atoms with E-state index in [1.165, 1.54) is 30.8 Å². The molecular weight excluding hydrogens is 234 g/mol. The molecule has 0 saturated carbocycles. The fourth-order valence-corrected chi connectivity index (χ4v) is 2.88. The highest BCUT2D eigenvalue weighted by atomic mass is 15.1. The van der Waals surface area contributed by atoms with Gasteiger partial charge < -0.3 is 15.5 Å². The SMILES string of the molecule is CCC(N)c1ccc(N(C)CC2CCN(C)C2)cc1. The summed E-state index contributed by atoms with van der Waals surface area (Å²) in [6.45, 7) is 5.73. The molecular formula is C16H27N3. The molecule has 106 valence electrons. The zero-order valence-corrected chi connectivity index (χ0v) is 12.5. The van der Waals surface area contributed by atoms with E-state index in [-0.39, 0.29) is 6.04 Å². The molecule has 3 nitrogen and oxygen atoms in total. The van der Waals surface area contributed by atoms with Gasteiger partial charge in [0.2, 0.25) is 0 Å². The van der Waals surface area contributed by atoms with E-state index in [4.69, 9.17) is 5.73 Å². The Morgan fingerprint density at radius 1 is 1.37 bits per heavy atom. The van der Waals surface area contributed by atoms with Crippen LogP contribution in [-0.2, 0) is 0 Å². The predicted molar refractivity (Wildman–Crippen MR) is 82.5 cm³/mol. The molecule has 1 fully saturated rings. The second-order valence-corrected chi connectivity index (χ2v) is 5.90. The second kappa shape index (κ2) is 6.40. The van der Waals surface area contributed by atoms with Gasteiger partial charge in [0.1, 0.15) is 0 Å². The molecule has 0 bridgehead atoms. The first-order chi connectivity index (χ1) is 9.10. The normalized spacial score (nSPS) is 21.6. The maximum absolute atomic E-state index is 6.05. The number of benzene rings is 1. The molecule has 0 aliphatic carbocycles. The van der Waals surface area contributed by atoms with E-state index < -0.39 is 0 Å². The lowest BCUT2D eigenvalue weighted by molar-refractivity contribution is 0.396. The lowest BCUT2D eigenvalue weighted by Crippen LogP contribution is -2.27. The van der Waals surface area contributed by atoms with Crippen LogP contribution < -0.4 is 10.6 Å². The summed E-state index contributed by atoms with van der Waals surface area (Å²) in [4.78, 5) is 4.78. The number of rotatable bonds is 5. The van der Waals surface area contributed by atoms with Crippen molar-refractivity contribution in [2.24, 2.45) is 11.7 Å². The van der Waals surface area contributed by atoms with E-state index in [0.717, 1.165) is 18.9 Å². The van der Waals surface area contributed by atoms with Gasteiger partial charge in [-0.1, -0.05) is 19.1 Å². The number of anilines is 1. The number of nitrogens with two attached hydrogens (primary N) is 1. The average Bonchev–Trinajstić information content (AvgIpc) is 2.83. The van der Waals surface area contributed by atoms with Gasteiger partial charge in [-0.3, -0.25) is 0 Å². The molecule has 0 spiro atoms. The Kier molecular flexibility index (Phi) is 4.83. The summed E-state index contributed by atoms with van der Waals surface area (Å²) in [5.74, 6) is 0.799. The third kappa shape index (κ3) is 3.71. The van der Waals surface area contributed by atoms with Crippen LogP contribution in [0.3, 0.4) is 0 Å². The van der Waals surface area contributed by atoms with Crippen molar-refractivity contribution in [3.63, 3.8) is 0 Å². The summed E-state index contributed by atoms with van der Waals surface area (Å²) < 4.78 is 0. The van der Waals surface area contributed by atoms with Crippen LogP contribution in [0.2, 0.25) is 0 Å². The minimum atomic E-state index is 0.169. The summed E-state index contributed by atoms with van der Waals surface area (Å²) >= 11 is 0. The van der Waals surface area contributed by atoms with Crippen LogP contribution in [0.15, 0.2) is 24.3 Å². The van der Waals surface area contributed by atoms with Gasteiger partial charge in [0.15, 0.2) is 0 Å². The molecule has 1 aromatic rings. The maximum atomic E-state index is 6.05. The number of likely N-dealkylation sites (tertiary alicyclic amines) is 1. The van der Waals surface area contributed by atoms with Gasteiger partial charge in [-0.25, -0.2) is 0 Å². The molecule has 19 heavy (non-hydrogen) atoms. The molecule has 1 saturated heterocycles. The topological polar surface area (TPSA) is 32.5 Å². The van der Waals surface area contributed by atoms with Gasteiger partial charge in [-0.15, -0.1) is 0 Å². The van der Waals surface area contributed by atoms with Gasteiger partial charge in [0, 0.05) is 31.9 Å². The molecule has 2 unspecified atom stereocenters. The quantitative estimate of drug-likeness (QED) is 0.884. The van der Waals surface area contributed by atoms with Crippen molar-refractivity contribution in [1.82, 2.24) is 4.90 Å². The summed E-state index contributed by atoms with van der Waals surface area (Å²) in [5, 5.41) is 0. The van der Waals surface area contributed by atoms with E-state index in [0.29, 0.717) is 0 Å². The lowest BCUT2D eigenvalue weighted by Gasteiger charge is -2.23. The smallest absolute Gasteiger partial charge is 0.0363 e. The molecule has 3 heteroatoms. The Labute approximate surface area is 117 Å². The minimum absolute atomic E-state index is 0.169. The highest BCUT2D eigenvalue weighted by Gasteiger charge is 2.20. The zero-order chi connectivity index (χ0) is 13.8. The average molecular weight is 261 g/mol. The standard InChI is InChI=1S/C16H27N3/c1-4-16(17)14-5-7-15(8-6-14)19(3)12-13-9-10-18(2)11-13/h5-8,13,16H,4,9-12,17H2,1-3H3. The summed E-state index contributed by atoms with van der Waals surface area (Å²) in [5.41, 5.74) is 8.58. The van der Waals surface area contributed by atoms with Crippen LogP contribution in [0.25, 0.3) is 0 Å². The van der Waals surface area contributed by atoms with E-state index in [9.17, 15) is 0 Å². The molecule has 0 amide bonds. The van der Waals surface area contributed by atoms with Crippen molar-refractivity contribution in [2.75, 3.05) is 38.6 Å². The third-order valence-corrected chi connectivity index (χ3v) is 4.22. The maximum Gasteiger partial charge on any atom is 0.0363 e. The van der Waals surface area contributed by atoms with Crippen LogP contribution >= 0.6 is 0 Å². The third-order valence-electron chi connectivity index (χ3n) is 4.22. The highest BCUT2D eigenvalue weighted by Crippen LogP contribution is 2.22. The lowest BCUT2D eigenvalue weighted by atomic mass is 10.0. The van der Waals surface area contributed by atoms with Crippen LogP contribution in [-0.4, -0.2) is 38.6 Å². The first-order valence-corrected chi connectivity index (χ1v) is 7.35. The molecule has 2 rings (SSSR count). The van der Waals surface area contributed by atoms with Crippen molar-refractivity contribution in [3.8, 4) is 0 Å². The molecule has 0 radical (unpaired) electrons. The Morgan fingerprint density at radius 3 is 2.58 bits per heavy atom. The zero-order valence-electron chi connectivity index (χ0n) is 12.5. The molecule has 0 aromatic heterocycles. The number of hydrogen-bond acceptors (Lipinski definition) is 3. The van der Waals surface area contributed by atoms with Gasteiger partial charge >= 0.3 is 0 Å². The second-order valence-electron chi connectivity index (χ2n) is 5.90. The van der Waals surface area contributed by atoms with Crippen LogP contribution in [0.5, 0.6) is 0 Å². The summed E-state index contributed by atoms with van der Waals surface area (Å²) in [6.07, 6.45) is 2.31. The van der Waals surface area contributed by atoms with Gasteiger partial charge in [0.25, 0.3) is 0 Å². The van der Waals surface area contributed by atoms with Crippen molar-refractivity contribution in [2.45, 2.75) is 25.8 Å². The van der Waals surface area contributed by atoms with Crippen LogP contribution in [0.1, 0.15) is 31.4 Å². The molecule has 1 aliphatic rings. The highest BCUT2D eigenvalue weighted by molar-refractivity contribution is 5.47.